The molecule has 1 aliphatic heterocycles. The summed E-state index contributed by atoms with van der Waals surface area (Å²) in [4.78, 5) is 23.8. The summed E-state index contributed by atoms with van der Waals surface area (Å²) in [5.74, 6) is 0.242. The van der Waals surface area contributed by atoms with Crippen molar-refractivity contribution in [2.75, 3.05) is 26.3 Å². The molecule has 0 atom stereocenters. The average molecular weight is 211 g/mol. The van der Waals surface area contributed by atoms with Gasteiger partial charge in [0.2, 0.25) is 5.78 Å². The maximum Gasteiger partial charge on any atom is 0.290 e. The molecule has 0 aromatic carbocycles. The van der Waals surface area contributed by atoms with Crippen LogP contribution in [0.3, 0.4) is 0 Å². The van der Waals surface area contributed by atoms with Gasteiger partial charge in [-0.3, -0.25) is 9.59 Å². The number of amides is 1. The van der Waals surface area contributed by atoms with E-state index in [9.17, 15) is 9.59 Å². The van der Waals surface area contributed by atoms with Gasteiger partial charge in [-0.05, 0) is 25.2 Å². The second-order valence-electron chi connectivity index (χ2n) is 4.34. The van der Waals surface area contributed by atoms with Crippen LogP contribution in [0.25, 0.3) is 0 Å². The van der Waals surface area contributed by atoms with Crippen LogP contribution in [0.2, 0.25) is 0 Å². The third kappa shape index (κ3) is 3.02. The Hall–Kier alpha value is -0.900. The minimum atomic E-state index is -0.308. The first-order valence-corrected chi connectivity index (χ1v) is 5.67. The van der Waals surface area contributed by atoms with Gasteiger partial charge < -0.3 is 9.64 Å². The van der Waals surface area contributed by atoms with E-state index in [0.717, 1.165) is 18.9 Å². The summed E-state index contributed by atoms with van der Waals surface area (Å²) < 4.78 is 5.46. The SMILES string of the molecule is O=C1CCN(CCCOCC2CC2)C1=O. The Balaban J connectivity index is 1.53. The second-order valence-corrected chi connectivity index (χ2v) is 4.34. The van der Waals surface area contributed by atoms with Crippen molar-refractivity contribution in [2.45, 2.75) is 25.7 Å². The molecule has 4 nitrogen and oxygen atoms in total. The minimum absolute atomic E-state index is 0.242. The lowest BCUT2D eigenvalue weighted by atomic mass is 10.3. The lowest BCUT2D eigenvalue weighted by molar-refractivity contribution is -0.140. The number of hydrogen-bond acceptors (Lipinski definition) is 3. The number of ether oxygens (including phenoxy) is 1. The van der Waals surface area contributed by atoms with Gasteiger partial charge in [0.05, 0.1) is 0 Å². The van der Waals surface area contributed by atoms with Crippen molar-refractivity contribution in [3.05, 3.63) is 0 Å². The number of rotatable bonds is 6. The summed E-state index contributed by atoms with van der Waals surface area (Å²) in [7, 11) is 0. The molecule has 0 aromatic heterocycles. The van der Waals surface area contributed by atoms with Crippen LogP contribution >= 0.6 is 0 Å². The summed E-state index contributed by atoms with van der Waals surface area (Å²) in [5, 5.41) is 0. The predicted octanol–water partition coefficient (Wildman–Crippen LogP) is 0.604. The Morgan fingerprint density at radius 3 is 2.73 bits per heavy atom. The van der Waals surface area contributed by atoms with E-state index >= 15 is 0 Å². The fraction of sp³-hybridized carbons (Fsp3) is 0.818. The zero-order valence-corrected chi connectivity index (χ0v) is 8.91. The highest BCUT2D eigenvalue weighted by molar-refractivity contribution is 6.37. The van der Waals surface area contributed by atoms with E-state index in [0.29, 0.717) is 26.1 Å². The highest BCUT2D eigenvalue weighted by Gasteiger charge is 2.28. The standard InChI is InChI=1S/C11H17NO3/c13-10-4-6-12(11(10)14)5-1-7-15-8-9-2-3-9/h9H,1-8H2. The molecule has 1 amide bonds. The first-order valence-electron chi connectivity index (χ1n) is 5.67. The number of hydrogen-bond donors (Lipinski definition) is 0. The van der Waals surface area contributed by atoms with E-state index in [1.54, 1.807) is 4.90 Å². The number of ketones is 1. The van der Waals surface area contributed by atoms with Crippen LogP contribution < -0.4 is 0 Å². The van der Waals surface area contributed by atoms with Crippen LogP contribution in [0.15, 0.2) is 0 Å². The molecule has 2 fully saturated rings. The van der Waals surface area contributed by atoms with Crippen molar-refractivity contribution in [1.29, 1.82) is 0 Å². The highest BCUT2D eigenvalue weighted by atomic mass is 16.5. The molecular formula is C11H17NO3. The topological polar surface area (TPSA) is 46.6 Å². The average Bonchev–Trinajstić information content (AvgIpc) is 2.99. The van der Waals surface area contributed by atoms with Crippen LogP contribution in [0, 0.1) is 5.92 Å². The number of carbonyl (C=O) groups is 2. The summed E-state index contributed by atoms with van der Waals surface area (Å²) in [5.41, 5.74) is 0. The molecule has 1 heterocycles. The van der Waals surface area contributed by atoms with Gasteiger partial charge >= 0.3 is 0 Å². The van der Waals surface area contributed by atoms with E-state index < -0.39 is 0 Å². The third-order valence-electron chi connectivity index (χ3n) is 2.90. The summed E-state index contributed by atoms with van der Waals surface area (Å²) in [6.45, 7) is 2.83. The largest absolute Gasteiger partial charge is 0.381 e. The zero-order chi connectivity index (χ0) is 10.7. The molecule has 1 saturated heterocycles. The molecule has 2 rings (SSSR count). The normalized spacial score (nSPS) is 21.5. The van der Waals surface area contributed by atoms with Gasteiger partial charge in [0.1, 0.15) is 0 Å². The minimum Gasteiger partial charge on any atom is -0.381 e. The molecule has 1 saturated carbocycles. The molecule has 0 bridgehead atoms. The van der Waals surface area contributed by atoms with E-state index in [4.69, 9.17) is 4.74 Å². The quantitative estimate of drug-likeness (QED) is 0.477. The fourth-order valence-electron chi connectivity index (χ4n) is 1.73. The smallest absolute Gasteiger partial charge is 0.290 e. The predicted molar refractivity (Wildman–Crippen MR) is 54.4 cm³/mol. The van der Waals surface area contributed by atoms with Gasteiger partial charge in [-0.25, -0.2) is 0 Å². The van der Waals surface area contributed by atoms with E-state index in [2.05, 4.69) is 0 Å². The molecule has 0 N–H and O–H groups in total. The summed E-state index contributed by atoms with van der Waals surface area (Å²) in [6, 6.07) is 0. The Bertz CT molecular complexity index is 261. The molecule has 15 heavy (non-hydrogen) atoms. The van der Waals surface area contributed by atoms with E-state index in [1.165, 1.54) is 12.8 Å². The Morgan fingerprint density at radius 2 is 2.13 bits per heavy atom. The van der Waals surface area contributed by atoms with Crippen molar-refractivity contribution in [2.24, 2.45) is 5.92 Å². The zero-order valence-electron chi connectivity index (χ0n) is 8.91. The molecule has 0 spiro atoms. The van der Waals surface area contributed by atoms with Crippen LogP contribution in [-0.4, -0.2) is 42.9 Å². The monoisotopic (exact) mass is 211 g/mol. The van der Waals surface area contributed by atoms with Crippen molar-refractivity contribution in [3.8, 4) is 0 Å². The van der Waals surface area contributed by atoms with Crippen LogP contribution in [0.4, 0.5) is 0 Å². The van der Waals surface area contributed by atoms with Crippen molar-refractivity contribution in [1.82, 2.24) is 4.90 Å². The highest BCUT2D eigenvalue weighted by Crippen LogP contribution is 2.28. The number of carbonyl (C=O) groups excluding carboxylic acids is 2. The Kier molecular flexibility index (Phi) is 3.36. The molecule has 0 unspecified atom stereocenters. The van der Waals surface area contributed by atoms with Crippen molar-refractivity contribution < 1.29 is 14.3 Å². The van der Waals surface area contributed by atoms with Crippen LogP contribution in [0.1, 0.15) is 25.7 Å². The Labute approximate surface area is 89.6 Å². The Morgan fingerprint density at radius 1 is 1.33 bits per heavy atom. The molecular weight excluding hydrogens is 194 g/mol. The van der Waals surface area contributed by atoms with Gasteiger partial charge in [0.15, 0.2) is 0 Å². The lowest BCUT2D eigenvalue weighted by Gasteiger charge is -2.13. The lowest BCUT2D eigenvalue weighted by Crippen LogP contribution is -2.29. The van der Waals surface area contributed by atoms with Crippen molar-refractivity contribution >= 4 is 11.7 Å². The third-order valence-corrected chi connectivity index (χ3v) is 2.90. The molecule has 84 valence electrons. The van der Waals surface area contributed by atoms with Crippen LogP contribution in [-0.2, 0) is 14.3 Å². The maximum atomic E-state index is 11.2. The van der Waals surface area contributed by atoms with Gasteiger partial charge in [0, 0.05) is 32.7 Å². The number of Topliss-reactive ketones (excluding diaryl/α,β-unsaturated/α-hetero) is 1. The molecule has 0 aromatic rings. The van der Waals surface area contributed by atoms with E-state index in [1.807, 2.05) is 0 Å². The number of likely N-dealkylation sites (tertiary alicyclic amines) is 1. The summed E-state index contributed by atoms with van der Waals surface area (Å²) in [6.07, 6.45) is 3.84. The van der Waals surface area contributed by atoms with Gasteiger partial charge in [-0.1, -0.05) is 0 Å². The van der Waals surface area contributed by atoms with Crippen LogP contribution in [0.5, 0.6) is 0 Å². The van der Waals surface area contributed by atoms with Crippen molar-refractivity contribution in [3.63, 3.8) is 0 Å². The fourth-order valence-corrected chi connectivity index (χ4v) is 1.73. The second kappa shape index (κ2) is 4.75. The molecule has 2 aliphatic rings. The van der Waals surface area contributed by atoms with Gasteiger partial charge in [-0.2, -0.15) is 0 Å². The van der Waals surface area contributed by atoms with E-state index in [-0.39, 0.29) is 11.7 Å². The van der Waals surface area contributed by atoms with Gasteiger partial charge in [0.25, 0.3) is 5.91 Å². The first-order chi connectivity index (χ1) is 7.27. The van der Waals surface area contributed by atoms with Gasteiger partial charge in [-0.15, -0.1) is 0 Å². The number of nitrogens with zero attached hydrogens (tertiary/aromatic N) is 1. The summed E-state index contributed by atoms with van der Waals surface area (Å²) >= 11 is 0. The first kappa shape index (κ1) is 10.6. The molecule has 1 aliphatic carbocycles. The maximum absolute atomic E-state index is 11.2. The molecule has 0 radical (unpaired) electrons. The molecule has 4 heteroatoms.